The normalized spacial score (nSPS) is 15.1. The van der Waals surface area contributed by atoms with Crippen molar-refractivity contribution in [2.75, 3.05) is 41.4 Å². The van der Waals surface area contributed by atoms with E-state index in [-0.39, 0.29) is 5.75 Å². The van der Waals surface area contributed by atoms with Crippen LogP contribution in [0.2, 0.25) is 0 Å². The molecule has 1 aliphatic heterocycles. The van der Waals surface area contributed by atoms with Crippen molar-refractivity contribution in [3.05, 3.63) is 65.2 Å². The van der Waals surface area contributed by atoms with Crippen molar-refractivity contribution in [2.24, 2.45) is 0 Å². The molecule has 5 nitrogen and oxygen atoms in total. The number of thioether (sulfide) groups is 1. The summed E-state index contributed by atoms with van der Waals surface area (Å²) in [7, 11) is -3.44. The summed E-state index contributed by atoms with van der Waals surface area (Å²) in [6.45, 7) is 4.98. The molecule has 0 aliphatic carbocycles. The van der Waals surface area contributed by atoms with Crippen molar-refractivity contribution in [1.82, 2.24) is 4.90 Å². The third kappa shape index (κ3) is 7.15. The fraction of sp³-hybridized carbons (Fsp3) is 0.435. The highest BCUT2D eigenvalue weighted by Crippen LogP contribution is 2.22. The minimum Gasteiger partial charge on any atom is -0.325 e. The summed E-state index contributed by atoms with van der Waals surface area (Å²) in [4.78, 5) is 14.8. The Kier molecular flexibility index (Phi) is 8.36. The number of nitrogens with one attached hydrogen (secondary N) is 1. The van der Waals surface area contributed by atoms with Gasteiger partial charge in [-0.25, -0.2) is 8.42 Å². The second-order valence-corrected chi connectivity index (χ2v) is 11.1. The Hall–Kier alpha value is -1.83. The Morgan fingerprint density at radius 3 is 2.53 bits per heavy atom. The molecule has 7 heteroatoms. The van der Waals surface area contributed by atoms with Crippen LogP contribution in [-0.4, -0.2) is 55.3 Å². The van der Waals surface area contributed by atoms with Crippen LogP contribution in [0.15, 0.2) is 48.5 Å². The van der Waals surface area contributed by atoms with Gasteiger partial charge in [0.05, 0.1) is 5.75 Å². The number of sulfone groups is 1. The van der Waals surface area contributed by atoms with Gasteiger partial charge in [0.2, 0.25) is 5.91 Å². The molecule has 162 valence electrons. The van der Waals surface area contributed by atoms with Gasteiger partial charge < -0.3 is 5.32 Å². The Labute approximate surface area is 184 Å². The Balaban J connectivity index is 1.52. The van der Waals surface area contributed by atoms with Crippen molar-refractivity contribution < 1.29 is 13.2 Å². The van der Waals surface area contributed by atoms with Gasteiger partial charge in [-0.3, -0.25) is 9.69 Å². The van der Waals surface area contributed by atoms with Crippen LogP contribution in [0.4, 0.5) is 5.69 Å². The molecule has 30 heavy (non-hydrogen) atoms. The van der Waals surface area contributed by atoms with Crippen molar-refractivity contribution in [2.45, 2.75) is 26.3 Å². The summed E-state index contributed by atoms with van der Waals surface area (Å²) in [5, 5.41) is 2.81. The predicted octanol–water partition coefficient (Wildman–Crippen LogP) is 3.53. The van der Waals surface area contributed by atoms with Crippen LogP contribution in [0.1, 0.15) is 23.1 Å². The van der Waals surface area contributed by atoms with Crippen molar-refractivity contribution in [3.8, 4) is 0 Å². The molecule has 1 N–H and O–H groups in total. The molecule has 2 aromatic rings. The average Bonchev–Trinajstić information content (AvgIpc) is 2.72. The van der Waals surface area contributed by atoms with Gasteiger partial charge in [-0.2, -0.15) is 11.8 Å². The number of anilines is 1. The third-order valence-corrected chi connectivity index (χ3v) is 7.89. The number of rotatable bonds is 9. The van der Waals surface area contributed by atoms with Gasteiger partial charge in [0.15, 0.2) is 9.84 Å². The summed E-state index contributed by atoms with van der Waals surface area (Å²) in [5.74, 6) is 1.37. The van der Waals surface area contributed by atoms with Crippen molar-refractivity contribution in [3.63, 3.8) is 0 Å². The monoisotopic (exact) mass is 446 g/mol. The molecule has 1 saturated heterocycles. The minimum absolute atomic E-state index is 0.0152. The lowest BCUT2D eigenvalue weighted by atomic mass is 10.1. The van der Waals surface area contributed by atoms with E-state index in [1.54, 1.807) is 0 Å². The van der Waals surface area contributed by atoms with Crippen molar-refractivity contribution >= 4 is 33.2 Å². The first-order chi connectivity index (χ1) is 14.4. The van der Waals surface area contributed by atoms with E-state index in [0.717, 1.165) is 42.3 Å². The molecule has 0 atom stereocenters. The number of hydrogen-bond donors (Lipinski definition) is 1. The summed E-state index contributed by atoms with van der Waals surface area (Å²) < 4.78 is 24.7. The highest BCUT2D eigenvalue weighted by Gasteiger charge is 2.18. The molecule has 1 heterocycles. The summed E-state index contributed by atoms with van der Waals surface area (Å²) in [6.07, 6.45) is 1.21. The van der Waals surface area contributed by atoms with Crippen LogP contribution < -0.4 is 5.32 Å². The first kappa shape index (κ1) is 22.8. The van der Waals surface area contributed by atoms with E-state index in [2.05, 4.69) is 16.3 Å². The summed E-state index contributed by atoms with van der Waals surface area (Å²) in [5.41, 5.74) is 3.98. The van der Waals surface area contributed by atoms with Crippen LogP contribution in [0.5, 0.6) is 0 Å². The van der Waals surface area contributed by atoms with Gasteiger partial charge in [0.1, 0.15) is 5.75 Å². The molecule has 2 aromatic carbocycles. The van der Waals surface area contributed by atoms with E-state index in [0.29, 0.717) is 18.5 Å². The van der Waals surface area contributed by atoms with E-state index in [1.165, 1.54) is 5.56 Å². The maximum Gasteiger partial charge on any atom is 0.239 e. The van der Waals surface area contributed by atoms with Crippen LogP contribution in [-0.2, 0) is 27.6 Å². The number of nitrogens with zero attached hydrogens (tertiary/aromatic N) is 1. The van der Waals surface area contributed by atoms with E-state index < -0.39 is 21.5 Å². The molecule has 0 saturated carbocycles. The smallest absolute Gasteiger partial charge is 0.239 e. The summed E-state index contributed by atoms with van der Waals surface area (Å²) in [6, 6.07) is 15.6. The predicted molar refractivity (Wildman–Crippen MR) is 126 cm³/mol. The first-order valence-corrected chi connectivity index (χ1v) is 13.3. The fourth-order valence-electron chi connectivity index (χ4n) is 3.59. The third-order valence-electron chi connectivity index (χ3n) is 5.33. The van der Waals surface area contributed by atoms with E-state index >= 15 is 0 Å². The second kappa shape index (κ2) is 11.0. The highest BCUT2D eigenvalue weighted by atomic mass is 32.2. The topological polar surface area (TPSA) is 66.5 Å². The highest BCUT2D eigenvalue weighted by molar-refractivity contribution is 7.99. The first-order valence-electron chi connectivity index (χ1n) is 10.4. The average molecular weight is 447 g/mol. The number of benzene rings is 2. The summed E-state index contributed by atoms with van der Waals surface area (Å²) >= 11 is 1.98. The molecule has 1 fully saturated rings. The SMILES string of the molecule is Cc1c(CN2CCSCC2)cccc1NC(=O)CS(=O)(=O)CCCc1ccccc1. The number of aryl methyl sites for hydroxylation is 1. The molecule has 1 aliphatic rings. The van der Waals surface area contributed by atoms with Gasteiger partial charge >= 0.3 is 0 Å². The van der Waals surface area contributed by atoms with Crippen LogP contribution in [0.3, 0.4) is 0 Å². The second-order valence-electron chi connectivity index (χ2n) is 7.71. The maximum absolute atomic E-state index is 12.4. The minimum atomic E-state index is -3.44. The molecule has 1 amide bonds. The Morgan fingerprint density at radius 1 is 1.07 bits per heavy atom. The molecule has 0 radical (unpaired) electrons. The molecule has 0 unspecified atom stereocenters. The molecule has 3 rings (SSSR count). The van der Waals surface area contributed by atoms with Crippen LogP contribution >= 0.6 is 11.8 Å². The molecular formula is C23H30N2O3S2. The molecule has 0 bridgehead atoms. The zero-order valence-corrected chi connectivity index (χ0v) is 19.1. The van der Waals surface area contributed by atoms with E-state index in [9.17, 15) is 13.2 Å². The van der Waals surface area contributed by atoms with Gasteiger partial charge in [-0.1, -0.05) is 42.5 Å². The fourth-order valence-corrected chi connectivity index (χ4v) is 5.77. The Bertz CT molecular complexity index is 940. The zero-order chi connectivity index (χ0) is 21.4. The van der Waals surface area contributed by atoms with Crippen molar-refractivity contribution in [1.29, 1.82) is 0 Å². The lowest BCUT2D eigenvalue weighted by Crippen LogP contribution is -2.32. The quantitative estimate of drug-likeness (QED) is 0.638. The van der Waals surface area contributed by atoms with Gasteiger partial charge in [-0.15, -0.1) is 0 Å². The number of carbonyl (C=O) groups is 1. The number of carbonyl (C=O) groups excluding carboxylic acids is 1. The standard InChI is InChI=1S/C23H30N2O3S2/c1-19-21(17-25-12-14-29-15-13-25)10-5-11-22(19)24-23(26)18-30(27,28)16-6-9-20-7-3-2-4-8-20/h2-5,7-8,10-11H,6,9,12-18H2,1H3,(H,24,26). The zero-order valence-electron chi connectivity index (χ0n) is 17.5. The van der Waals surface area contributed by atoms with Crippen LogP contribution in [0.25, 0.3) is 0 Å². The molecule has 0 aromatic heterocycles. The van der Waals surface area contributed by atoms with Gasteiger partial charge in [-0.05, 0) is 42.5 Å². The van der Waals surface area contributed by atoms with Gasteiger partial charge in [0.25, 0.3) is 0 Å². The van der Waals surface area contributed by atoms with Gasteiger partial charge in [0, 0.05) is 36.8 Å². The maximum atomic E-state index is 12.4. The molecular weight excluding hydrogens is 416 g/mol. The molecule has 0 spiro atoms. The van der Waals surface area contributed by atoms with Crippen LogP contribution in [0, 0.1) is 6.92 Å². The largest absolute Gasteiger partial charge is 0.325 e. The number of hydrogen-bond acceptors (Lipinski definition) is 5. The van der Waals surface area contributed by atoms with E-state index in [4.69, 9.17) is 0 Å². The lowest BCUT2D eigenvalue weighted by molar-refractivity contribution is -0.113. The number of amides is 1. The van der Waals surface area contributed by atoms with E-state index in [1.807, 2.05) is 61.2 Å². The lowest BCUT2D eigenvalue weighted by Gasteiger charge is -2.27. The Morgan fingerprint density at radius 2 is 1.80 bits per heavy atom.